The highest BCUT2D eigenvalue weighted by Crippen LogP contribution is 2.29. The number of nitrogens with zero attached hydrogens (tertiary/aromatic N) is 2. The molecule has 1 amide bonds. The molecule has 0 spiro atoms. The fourth-order valence-corrected chi connectivity index (χ4v) is 4.41. The van der Waals surface area contributed by atoms with Crippen molar-refractivity contribution in [3.05, 3.63) is 52.0 Å². The molecule has 3 rings (SSSR count). The second-order valence-corrected chi connectivity index (χ2v) is 8.79. The Kier molecular flexibility index (Phi) is 8.39. The summed E-state index contributed by atoms with van der Waals surface area (Å²) in [6.45, 7) is 7.04. The van der Waals surface area contributed by atoms with Crippen molar-refractivity contribution < 1.29 is 14.3 Å². The van der Waals surface area contributed by atoms with Gasteiger partial charge in [0, 0.05) is 25.2 Å². The zero-order valence-corrected chi connectivity index (χ0v) is 19.2. The van der Waals surface area contributed by atoms with Crippen molar-refractivity contribution in [2.24, 2.45) is 0 Å². The first-order valence-electron chi connectivity index (χ1n) is 10.0. The number of benzene rings is 1. The molecule has 162 valence electrons. The Morgan fingerprint density at radius 2 is 2.17 bits per heavy atom. The molecular weight excluding hydrogens is 422 g/mol. The summed E-state index contributed by atoms with van der Waals surface area (Å²) in [5.74, 6) is 1.58. The molecule has 0 radical (unpaired) electrons. The van der Waals surface area contributed by atoms with Crippen molar-refractivity contribution in [3.63, 3.8) is 0 Å². The Labute approximate surface area is 187 Å². The summed E-state index contributed by atoms with van der Waals surface area (Å²) >= 11 is 7.52. The number of morpholine rings is 1. The number of carbonyl (C=O) groups is 1. The van der Waals surface area contributed by atoms with Gasteiger partial charge in [-0.25, -0.2) is 4.98 Å². The van der Waals surface area contributed by atoms with Crippen molar-refractivity contribution in [1.82, 2.24) is 10.3 Å². The summed E-state index contributed by atoms with van der Waals surface area (Å²) in [4.78, 5) is 20.1. The van der Waals surface area contributed by atoms with Gasteiger partial charge >= 0.3 is 0 Å². The first-order chi connectivity index (χ1) is 14.5. The molecular formula is C22H28ClN3O3S. The third-order valence-corrected chi connectivity index (χ3v) is 6.03. The largest absolute Gasteiger partial charge is 0.382 e. The van der Waals surface area contributed by atoms with E-state index in [-0.39, 0.29) is 11.9 Å². The Bertz CT molecular complexity index is 861. The maximum atomic E-state index is 13.0. The van der Waals surface area contributed by atoms with Crippen LogP contribution in [0, 0.1) is 6.92 Å². The lowest BCUT2D eigenvalue weighted by molar-refractivity contribution is 0.0597. The predicted octanol–water partition coefficient (Wildman–Crippen LogP) is 3.94. The second kappa shape index (κ2) is 11.0. The molecule has 2 aromatic rings. The van der Waals surface area contributed by atoms with Gasteiger partial charge in [0.05, 0.1) is 31.4 Å². The number of anilines is 1. The Hall–Kier alpha value is -1.80. The number of amides is 1. The standard InChI is InChI=1S/C22H28ClN3O3S/c1-4-30-22-20(21(27)24-12-16-5-7-17(23)8-6-16)15(2)11-19(25-22)26-9-10-29-14-18(26)13-28-3/h5-8,11,18H,4,9-10,12-14H2,1-3H3,(H,24,27)/t18-/m1/s1. The molecule has 0 saturated carbocycles. The number of hydrogen-bond donors (Lipinski definition) is 1. The van der Waals surface area contributed by atoms with Gasteiger partial charge in [0.1, 0.15) is 10.8 Å². The van der Waals surface area contributed by atoms with Crippen LogP contribution in [0.2, 0.25) is 5.02 Å². The number of aryl methyl sites for hydroxylation is 1. The number of ether oxygens (including phenoxy) is 2. The molecule has 2 heterocycles. The van der Waals surface area contributed by atoms with Crippen LogP contribution in [0.4, 0.5) is 5.82 Å². The van der Waals surface area contributed by atoms with Crippen LogP contribution in [-0.2, 0) is 16.0 Å². The topological polar surface area (TPSA) is 63.7 Å². The summed E-state index contributed by atoms with van der Waals surface area (Å²) in [6, 6.07) is 9.56. The Morgan fingerprint density at radius 3 is 2.87 bits per heavy atom. The van der Waals surface area contributed by atoms with Crippen LogP contribution in [0.25, 0.3) is 0 Å². The second-order valence-electron chi connectivity index (χ2n) is 7.10. The van der Waals surface area contributed by atoms with E-state index in [1.54, 1.807) is 18.9 Å². The molecule has 8 heteroatoms. The van der Waals surface area contributed by atoms with E-state index in [0.29, 0.717) is 37.0 Å². The Morgan fingerprint density at radius 1 is 1.40 bits per heavy atom. The molecule has 1 aliphatic rings. The maximum Gasteiger partial charge on any atom is 0.254 e. The minimum absolute atomic E-state index is 0.111. The Balaban J connectivity index is 1.83. The highest BCUT2D eigenvalue weighted by Gasteiger charge is 2.26. The van der Waals surface area contributed by atoms with E-state index in [2.05, 4.69) is 17.1 Å². The molecule has 30 heavy (non-hydrogen) atoms. The number of carbonyl (C=O) groups excluding carboxylic acids is 1. The number of nitrogens with one attached hydrogen (secondary N) is 1. The average molecular weight is 450 g/mol. The number of thioether (sulfide) groups is 1. The minimum atomic E-state index is -0.118. The third-order valence-electron chi connectivity index (χ3n) is 4.93. The van der Waals surface area contributed by atoms with Gasteiger partial charge in [0.15, 0.2) is 0 Å². The normalized spacial score (nSPS) is 16.5. The quantitative estimate of drug-likeness (QED) is 0.616. The number of methoxy groups -OCH3 is 1. The van der Waals surface area contributed by atoms with Crippen molar-refractivity contribution in [2.75, 3.05) is 44.1 Å². The number of hydrogen-bond acceptors (Lipinski definition) is 6. The average Bonchev–Trinajstić information content (AvgIpc) is 2.74. The van der Waals surface area contributed by atoms with Gasteiger partial charge in [-0.1, -0.05) is 30.7 Å². The highest BCUT2D eigenvalue weighted by molar-refractivity contribution is 7.99. The first-order valence-corrected chi connectivity index (χ1v) is 11.4. The van der Waals surface area contributed by atoms with Crippen molar-refractivity contribution in [2.45, 2.75) is 31.5 Å². The van der Waals surface area contributed by atoms with Gasteiger partial charge in [0.2, 0.25) is 0 Å². The number of pyridine rings is 1. The molecule has 1 aliphatic heterocycles. The van der Waals surface area contributed by atoms with Crippen molar-refractivity contribution in [1.29, 1.82) is 0 Å². The molecule has 0 aliphatic carbocycles. The molecule has 1 aromatic heterocycles. The molecule has 1 aromatic carbocycles. The van der Waals surface area contributed by atoms with Crippen molar-refractivity contribution >= 4 is 35.1 Å². The minimum Gasteiger partial charge on any atom is -0.382 e. The van der Waals surface area contributed by atoms with Crippen LogP contribution in [0.5, 0.6) is 0 Å². The molecule has 1 fully saturated rings. The molecule has 0 bridgehead atoms. The van der Waals surface area contributed by atoms with Crippen LogP contribution in [0.15, 0.2) is 35.4 Å². The fourth-order valence-electron chi connectivity index (χ4n) is 3.45. The predicted molar refractivity (Wildman–Crippen MR) is 122 cm³/mol. The fraction of sp³-hybridized carbons (Fsp3) is 0.455. The molecule has 1 atom stereocenters. The zero-order valence-electron chi connectivity index (χ0n) is 17.6. The van der Waals surface area contributed by atoms with E-state index >= 15 is 0 Å². The third kappa shape index (κ3) is 5.66. The van der Waals surface area contributed by atoms with E-state index in [9.17, 15) is 4.79 Å². The SMILES string of the molecule is CCSc1nc(N2CCOC[C@H]2COC)cc(C)c1C(=O)NCc1ccc(Cl)cc1. The van der Waals surface area contributed by atoms with Crippen LogP contribution in [0.3, 0.4) is 0 Å². The van der Waals surface area contributed by atoms with Gasteiger partial charge in [-0.05, 0) is 42.0 Å². The lowest BCUT2D eigenvalue weighted by Crippen LogP contribution is -2.48. The van der Waals surface area contributed by atoms with Crippen molar-refractivity contribution in [3.8, 4) is 0 Å². The van der Waals surface area contributed by atoms with Crippen LogP contribution in [0.1, 0.15) is 28.4 Å². The smallest absolute Gasteiger partial charge is 0.254 e. The van der Waals surface area contributed by atoms with E-state index in [0.717, 1.165) is 34.3 Å². The lowest BCUT2D eigenvalue weighted by Gasteiger charge is -2.36. The summed E-state index contributed by atoms with van der Waals surface area (Å²) in [6.07, 6.45) is 0. The van der Waals surface area contributed by atoms with Crippen LogP contribution < -0.4 is 10.2 Å². The summed E-state index contributed by atoms with van der Waals surface area (Å²) < 4.78 is 11.0. The zero-order chi connectivity index (χ0) is 21.5. The summed E-state index contributed by atoms with van der Waals surface area (Å²) in [5, 5.41) is 4.44. The van der Waals surface area contributed by atoms with Crippen LogP contribution in [-0.4, -0.2) is 56.2 Å². The van der Waals surface area contributed by atoms with E-state index < -0.39 is 0 Å². The number of rotatable bonds is 8. The summed E-state index contributed by atoms with van der Waals surface area (Å²) in [7, 11) is 1.69. The number of aromatic nitrogens is 1. The van der Waals surface area contributed by atoms with Gasteiger partial charge in [0.25, 0.3) is 5.91 Å². The van der Waals surface area contributed by atoms with Gasteiger partial charge in [-0.3, -0.25) is 4.79 Å². The molecule has 1 saturated heterocycles. The molecule has 0 unspecified atom stereocenters. The van der Waals surface area contributed by atoms with Gasteiger partial charge in [-0.2, -0.15) is 0 Å². The first kappa shape index (κ1) is 22.9. The van der Waals surface area contributed by atoms with E-state index in [1.807, 2.05) is 37.3 Å². The summed E-state index contributed by atoms with van der Waals surface area (Å²) in [5.41, 5.74) is 2.54. The van der Waals surface area contributed by atoms with Gasteiger partial charge in [-0.15, -0.1) is 11.8 Å². The molecule has 6 nitrogen and oxygen atoms in total. The van der Waals surface area contributed by atoms with Gasteiger partial charge < -0.3 is 19.7 Å². The van der Waals surface area contributed by atoms with E-state index in [4.69, 9.17) is 26.1 Å². The monoisotopic (exact) mass is 449 g/mol. The highest BCUT2D eigenvalue weighted by atomic mass is 35.5. The lowest BCUT2D eigenvalue weighted by atomic mass is 10.1. The number of halogens is 1. The van der Waals surface area contributed by atoms with Crippen LogP contribution >= 0.6 is 23.4 Å². The maximum absolute atomic E-state index is 13.0. The molecule has 1 N–H and O–H groups in total. The van der Waals surface area contributed by atoms with E-state index in [1.165, 1.54) is 0 Å².